The van der Waals surface area contributed by atoms with Gasteiger partial charge in [-0.05, 0) is 32.0 Å². The van der Waals surface area contributed by atoms with Crippen molar-refractivity contribution in [1.82, 2.24) is 0 Å². The molecule has 0 heterocycles. The fraction of sp³-hybridized carbons (Fsp3) is 0.417. The van der Waals surface area contributed by atoms with Gasteiger partial charge in [0.05, 0.1) is 5.60 Å². The molecule has 0 atom stereocenters. The zero-order valence-corrected chi connectivity index (χ0v) is 11.8. The first kappa shape index (κ1) is 14.2. The molecule has 0 aliphatic heterocycles. The number of rotatable bonds is 5. The van der Waals surface area contributed by atoms with Crippen LogP contribution in [0.3, 0.4) is 0 Å². The molecule has 5 heteroatoms. The lowest BCUT2D eigenvalue weighted by molar-refractivity contribution is 0.0344. The molecule has 0 aliphatic rings. The Balaban J connectivity index is 2.88. The summed E-state index contributed by atoms with van der Waals surface area (Å²) >= 11 is 10.9. The smallest absolute Gasteiger partial charge is 0.106 e. The number of halogens is 1. The van der Waals surface area contributed by atoms with Gasteiger partial charge in [-0.25, -0.2) is 0 Å². The number of nitrogens with two attached hydrogens (primary N) is 1. The van der Waals surface area contributed by atoms with Crippen LogP contribution in [-0.2, 0) is 4.74 Å². The molecule has 1 aromatic carbocycles. The zero-order valence-electron chi connectivity index (χ0n) is 10.2. The molecule has 0 bridgehead atoms. The van der Waals surface area contributed by atoms with Gasteiger partial charge >= 0.3 is 0 Å². The van der Waals surface area contributed by atoms with Gasteiger partial charge in [-0.15, -0.1) is 0 Å². The van der Waals surface area contributed by atoms with Crippen LogP contribution >= 0.6 is 23.8 Å². The van der Waals surface area contributed by atoms with Crippen molar-refractivity contribution >= 4 is 34.5 Å². The van der Waals surface area contributed by atoms with Gasteiger partial charge in [-0.3, -0.25) is 0 Å². The van der Waals surface area contributed by atoms with E-state index in [1.807, 2.05) is 19.9 Å². The number of hydrogen-bond acceptors (Lipinski definition) is 3. The second-order valence-corrected chi connectivity index (χ2v) is 5.25. The van der Waals surface area contributed by atoms with Crippen molar-refractivity contribution in [2.24, 2.45) is 5.73 Å². The molecule has 1 rings (SSSR count). The molecular formula is C12H17ClN2OS. The zero-order chi connectivity index (χ0) is 13.1. The summed E-state index contributed by atoms with van der Waals surface area (Å²) in [6, 6.07) is 5.42. The fourth-order valence-electron chi connectivity index (χ4n) is 1.25. The summed E-state index contributed by atoms with van der Waals surface area (Å²) in [5.74, 6) is 0. The summed E-state index contributed by atoms with van der Waals surface area (Å²) in [4.78, 5) is 0.324. The van der Waals surface area contributed by atoms with Crippen molar-refractivity contribution < 1.29 is 4.74 Å². The number of thiocarbonyl (C=S) groups is 1. The maximum atomic E-state index is 5.91. The number of anilines is 1. The lowest BCUT2D eigenvalue weighted by Gasteiger charge is -2.24. The summed E-state index contributed by atoms with van der Waals surface area (Å²) in [6.07, 6.45) is 0. The lowest BCUT2D eigenvalue weighted by Crippen LogP contribution is -2.32. The number of nitrogens with one attached hydrogen (secondary N) is 1. The lowest BCUT2D eigenvalue weighted by atomic mass is 10.1. The maximum absolute atomic E-state index is 5.91. The summed E-state index contributed by atoms with van der Waals surface area (Å²) < 4.78 is 5.33. The molecule has 0 radical (unpaired) electrons. The molecule has 0 aromatic heterocycles. The minimum atomic E-state index is -0.257. The Hall–Kier alpha value is -0.840. The highest BCUT2D eigenvalue weighted by Crippen LogP contribution is 2.21. The van der Waals surface area contributed by atoms with Crippen LogP contribution < -0.4 is 11.1 Å². The first-order valence-electron chi connectivity index (χ1n) is 5.24. The van der Waals surface area contributed by atoms with E-state index in [1.54, 1.807) is 19.2 Å². The maximum Gasteiger partial charge on any atom is 0.106 e. The Bertz CT molecular complexity index is 421. The fourth-order valence-corrected chi connectivity index (χ4v) is 1.60. The average molecular weight is 273 g/mol. The van der Waals surface area contributed by atoms with Crippen LogP contribution in [0.1, 0.15) is 19.4 Å². The van der Waals surface area contributed by atoms with Gasteiger partial charge < -0.3 is 15.8 Å². The van der Waals surface area contributed by atoms with Crippen molar-refractivity contribution in [1.29, 1.82) is 0 Å². The first-order chi connectivity index (χ1) is 7.85. The number of ether oxygens (including phenoxy) is 1. The largest absolute Gasteiger partial charge is 0.389 e. The van der Waals surface area contributed by atoms with Gasteiger partial charge in [-0.2, -0.15) is 0 Å². The topological polar surface area (TPSA) is 47.3 Å². The van der Waals surface area contributed by atoms with Crippen LogP contribution in [0.5, 0.6) is 0 Å². The Morgan fingerprint density at radius 1 is 1.53 bits per heavy atom. The molecule has 0 aliphatic carbocycles. The molecule has 1 aromatic rings. The van der Waals surface area contributed by atoms with Crippen LogP contribution in [0.25, 0.3) is 0 Å². The first-order valence-corrected chi connectivity index (χ1v) is 6.03. The number of benzene rings is 1. The Morgan fingerprint density at radius 2 is 2.18 bits per heavy atom. The van der Waals surface area contributed by atoms with E-state index in [-0.39, 0.29) is 5.60 Å². The van der Waals surface area contributed by atoms with Crippen LogP contribution in [0.2, 0.25) is 5.02 Å². The van der Waals surface area contributed by atoms with Gasteiger partial charge in [0, 0.05) is 29.9 Å². The highest BCUT2D eigenvalue weighted by molar-refractivity contribution is 7.80. The van der Waals surface area contributed by atoms with E-state index < -0.39 is 0 Å². The Morgan fingerprint density at radius 3 is 2.71 bits per heavy atom. The van der Waals surface area contributed by atoms with E-state index in [0.29, 0.717) is 16.6 Å². The van der Waals surface area contributed by atoms with Crippen molar-refractivity contribution in [3.05, 3.63) is 28.8 Å². The summed E-state index contributed by atoms with van der Waals surface area (Å²) in [6.45, 7) is 4.65. The molecule has 0 fully saturated rings. The third kappa shape index (κ3) is 4.15. The van der Waals surface area contributed by atoms with E-state index in [2.05, 4.69) is 5.32 Å². The van der Waals surface area contributed by atoms with E-state index >= 15 is 0 Å². The molecule has 0 spiro atoms. The van der Waals surface area contributed by atoms with E-state index in [4.69, 9.17) is 34.3 Å². The van der Waals surface area contributed by atoms with Crippen LogP contribution in [-0.4, -0.2) is 24.2 Å². The average Bonchev–Trinajstić information content (AvgIpc) is 2.27. The quantitative estimate of drug-likeness (QED) is 0.810. The molecule has 17 heavy (non-hydrogen) atoms. The SMILES string of the molecule is COC(C)(C)CNc1ccc(Cl)cc1C(N)=S. The molecule has 0 amide bonds. The van der Waals surface area contributed by atoms with Crippen molar-refractivity contribution in [2.45, 2.75) is 19.4 Å². The predicted molar refractivity (Wildman–Crippen MR) is 76.9 cm³/mol. The van der Waals surface area contributed by atoms with Gasteiger partial charge in [-0.1, -0.05) is 23.8 Å². The van der Waals surface area contributed by atoms with E-state index in [9.17, 15) is 0 Å². The third-order valence-electron chi connectivity index (χ3n) is 2.50. The highest BCUT2D eigenvalue weighted by Gasteiger charge is 2.16. The van der Waals surface area contributed by atoms with Crippen molar-refractivity contribution in [2.75, 3.05) is 19.0 Å². The molecule has 3 N–H and O–H groups in total. The van der Waals surface area contributed by atoms with Crippen LogP contribution in [0.15, 0.2) is 18.2 Å². The standard InChI is InChI=1S/C12H17ClN2OS/c1-12(2,16-3)7-15-10-5-4-8(13)6-9(10)11(14)17/h4-6,15H,7H2,1-3H3,(H2,14,17). The molecule has 94 valence electrons. The van der Waals surface area contributed by atoms with Gasteiger partial charge in [0.2, 0.25) is 0 Å². The summed E-state index contributed by atoms with van der Waals surface area (Å²) in [5, 5.41) is 3.88. The van der Waals surface area contributed by atoms with Gasteiger partial charge in [0.15, 0.2) is 0 Å². The second-order valence-electron chi connectivity index (χ2n) is 4.37. The van der Waals surface area contributed by atoms with Crippen molar-refractivity contribution in [3.8, 4) is 0 Å². The van der Waals surface area contributed by atoms with Gasteiger partial charge in [0.1, 0.15) is 4.99 Å². The van der Waals surface area contributed by atoms with Crippen molar-refractivity contribution in [3.63, 3.8) is 0 Å². The second kappa shape index (κ2) is 5.67. The van der Waals surface area contributed by atoms with Crippen LogP contribution in [0.4, 0.5) is 5.69 Å². The summed E-state index contributed by atoms with van der Waals surface area (Å²) in [7, 11) is 1.68. The minimum Gasteiger partial charge on any atom is -0.389 e. The van der Waals surface area contributed by atoms with Crippen LogP contribution in [0, 0.1) is 0 Å². The Labute approximate surface area is 112 Å². The molecular weight excluding hydrogens is 256 g/mol. The molecule has 3 nitrogen and oxygen atoms in total. The summed E-state index contributed by atoms with van der Waals surface area (Å²) in [5.41, 5.74) is 7.02. The highest BCUT2D eigenvalue weighted by atomic mass is 35.5. The molecule has 0 unspecified atom stereocenters. The molecule has 0 saturated carbocycles. The molecule has 0 saturated heterocycles. The predicted octanol–water partition coefficient (Wildman–Crippen LogP) is 2.81. The van der Waals surface area contributed by atoms with E-state index in [0.717, 1.165) is 11.3 Å². The van der Waals surface area contributed by atoms with E-state index in [1.165, 1.54) is 0 Å². The number of methoxy groups -OCH3 is 1. The van der Waals surface area contributed by atoms with Gasteiger partial charge in [0.25, 0.3) is 0 Å². The normalized spacial score (nSPS) is 11.3. The monoisotopic (exact) mass is 272 g/mol. The minimum absolute atomic E-state index is 0.257. The Kier molecular flexibility index (Phi) is 4.74. The number of hydrogen-bond donors (Lipinski definition) is 2. The third-order valence-corrected chi connectivity index (χ3v) is 2.96.